The van der Waals surface area contributed by atoms with E-state index in [1.807, 2.05) is 13.8 Å². The van der Waals surface area contributed by atoms with Gasteiger partial charge in [0, 0.05) is 16.9 Å². The first-order chi connectivity index (χ1) is 25.3. The molecule has 0 N–H and O–H groups in total. The second-order valence-corrected chi connectivity index (χ2v) is 12.2. The molecular formula is C50H41N. The third-order valence-electron chi connectivity index (χ3n) is 9.03. The predicted octanol–water partition coefficient (Wildman–Crippen LogP) is 14.5. The number of para-hydroxylation sites is 1. The molecule has 0 aromatic heterocycles. The fraction of sp³-hybridized carbons (Fsp3) is 0.0400. The number of hydrogen-bond acceptors (Lipinski definition) is 1. The first-order valence-electron chi connectivity index (χ1n) is 17.8. The van der Waals surface area contributed by atoms with Gasteiger partial charge in [-0.2, -0.15) is 0 Å². The van der Waals surface area contributed by atoms with Gasteiger partial charge in [0.25, 0.3) is 0 Å². The van der Waals surface area contributed by atoms with Crippen molar-refractivity contribution in [2.75, 3.05) is 4.90 Å². The molecule has 0 aliphatic heterocycles. The van der Waals surface area contributed by atoms with E-state index in [9.17, 15) is 0 Å². The molecule has 0 aliphatic carbocycles. The normalized spacial score (nSPS) is 10.5. The molecule has 0 spiro atoms. The van der Waals surface area contributed by atoms with E-state index in [1.54, 1.807) is 0 Å². The van der Waals surface area contributed by atoms with E-state index in [2.05, 4.69) is 217 Å². The van der Waals surface area contributed by atoms with Crippen molar-refractivity contribution in [3.63, 3.8) is 0 Å². The van der Waals surface area contributed by atoms with Crippen LogP contribution in [0.25, 0.3) is 55.6 Å². The summed E-state index contributed by atoms with van der Waals surface area (Å²) < 4.78 is 0. The summed E-state index contributed by atoms with van der Waals surface area (Å²) >= 11 is 0. The smallest absolute Gasteiger partial charge is 0.0540 e. The Hall–Kier alpha value is -6.44. The van der Waals surface area contributed by atoms with Gasteiger partial charge >= 0.3 is 0 Å². The summed E-state index contributed by atoms with van der Waals surface area (Å²) in [5.41, 5.74) is 15.2. The van der Waals surface area contributed by atoms with Gasteiger partial charge < -0.3 is 4.90 Å². The summed E-state index contributed by atoms with van der Waals surface area (Å²) in [5.74, 6) is 0. The molecule has 0 aliphatic rings. The molecule has 1 heteroatoms. The lowest BCUT2D eigenvalue weighted by atomic mass is 9.92. The zero-order valence-corrected chi connectivity index (χ0v) is 29.2. The molecule has 0 amide bonds. The lowest BCUT2D eigenvalue weighted by Gasteiger charge is -2.29. The summed E-state index contributed by atoms with van der Waals surface area (Å²) in [6, 6.07) is 76.1. The Morgan fingerprint density at radius 2 is 0.588 bits per heavy atom. The number of rotatable bonds is 8. The first-order valence-corrected chi connectivity index (χ1v) is 17.8. The lowest BCUT2D eigenvalue weighted by molar-refractivity contribution is 1.28. The Labute approximate surface area is 302 Å². The van der Waals surface area contributed by atoms with Gasteiger partial charge in [0.15, 0.2) is 0 Å². The molecule has 0 bridgehead atoms. The van der Waals surface area contributed by atoms with Gasteiger partial charge in [-0.1, -0.05) is 178 Å². The van der Waals surface area contributed by atoms with Crippen LogP contribution in [0, 0.1) is 0 Å². The predicted molar refractivity (Wildman–Crippen MR) is 220 cm³/mol. The lowest BCUT2D eigenvalue weighted by Crippen LogP contribution is -2.11. The summed E-state index contributed by atoms with van der Waals surface area (Å²) in [5, 5.41) is 0. The molecule has 0 unspecified atom stereocenters. The van der Waals surface area contributed by atoms with Crippen LogP contribution < -0.4 is 4.90 Å². The maximum absolute atomic E-state index is 2.41. The maximum atomic E-state index is 2.41. The minimum atomic E-state index is 1.10. The van der Waals surface area contributed by atoms with Gasteiger partial charge in [-0.05, 0) is 98.6 Å². The van der Waals surface area contributed by atoms with Crippen LogP contribution in [0.2, 0.25) is 0 Å². The van der Waals surface area contributed by atoms with Crippen molar-refractivity contribution in [1.29, 1.82) is 0 Å². The second-order valence-electron chi connectivity index (χ2n) is 12.2. The summed E-state index contributed by atoms with van der Waals surface area (Å²) in [6.07, 6.45) is 0. The molecule has 8 rings (SSSR count). The van der Waals surface area contributed by atoms with Crippen molar-refractivity contribution in [2.45, 2.75) is 13.8 Å². The standard InChI is InChI=1S/C48H35N.C2H6/c1-5-17-36(18-6-1)40-25-15-27-45(34-40)49(46-28-16-26-41(35-46)37-19-7-2-8-20-37)48-30-14-13-29-47(48)44-32-42(38-21-9-3-10-22-38)31-43(33-44)39-23-11-4-12-24-39;1-2/h1-35H;1-2H3. The summed E-state index contributed by atoms with van der Waals surface area (Å²) in [6.45, 7) is 4.00. The number of anilines is 3. The average Bonchev–Trinajstić information content (AvgIpc) is 3.23. The van der Waals surface area contributed by atoms with Gasteiger partial charge in [0.1, 0.15) is 0 Å². The van der Waals surface area contributed by atoms with Crippen molar-refractivity contribution in [2.24, 2.45) is 0 Å². The highest BCUT2D eigenvalue weighted by atomic mass is 15.1. The molecule has 0 heterocycles. The van der Waals surface area contributed by atoms with Crippen LogP contribution in [-0.4, -0.2) is 0 Å². The van der Waals surface area contributed by atoms with Crippen molar-refractivity contribution in [1.82, 2.24) is 0 Å². The Bertz CT molecular complexity index is 2170. The van der Waals surface area contributed by atoms with Crippen LogP contribution in [0.15, 0.2) is 212 Å². The van der Waals surface area contributed by atoms with Crippen molar-refractivity contribution < 1.29 is 0 Å². The van der Waals surface area contributed by atoms with Crippen LogP contribution >= 0.6 is 0 Å². The highest BCUT2D eigenvalue weighted by molar-refractivity contribution is 5.92. The minimum absolute atomic E-state index is 1.10. The molecule has 8 aromatic carbocycles. The molecule has 51 heavy (non-hydrogen) atoms. The van der Waals surface area contributed by atoms with E-state index in [-0.39, 0.29) is 0 Å². The van der Waals surface area contributed by atoms with Crippen molar-refractivity contribution in [3.8, 4) is 55.6 Å². The highest BCUT2D eigenvalue weighted by Gasteiger charge is 2.19. The van der Waals surface area contributed by atoms with Crippen LogP contribution in [0.3, 0.4) is 0 Å². The van der Waals surface area contributed by atoms with E-state index in [0.717, 1.165) is 22.6 Å². The molecular weight excluding hydrogens is 615 g/mol. The number of hydrogen-bond donors (Lipinski definition) is 0. The Kier molecular flexibility index (Phi) is 10.3. The molecule has 0 radical (unpaired) electrons. The molecule has 246 valence electrons. The van der Waals surface area contributed by atoms with Crippen molar-refractivity contribution in [3.05, 3.63) is 212 Å². The SMILES string of the molecule is CC.c1ccc(-c2cc(-c3ccccc3)cc(-c3ccccc3N(c3cccc(-c4ccccc4)c3)c3cccc(-c4ccccc4)c3)c2)cc1. The van der Waals surface area contributed by atoms with E-state index in [1.165, 1.54) is 50.1 Å². The average molecular weight is 656 g/mol. The number of benzene rings is 8. The van der Waals surface area contributed by atoms with E-state index in [0.29, 0.717) is 0 Å². The van der Waals surface area contributed by atoms with Gasteiger partial charge in [-0.25, -0.2) is 0 Å². The molecule has 1 nitrogen and oxygen atoms in total. The van der Waals surface area contributed by atoms with Gasteiger partial charge in [-0.15, -0.1) is 0 Å². The van der Waals surface area contributed by atoms with Crippen LogP contribution in [-0.2, 0) is 0 Å². The largest absolute Gasteiger partial charge is 0.310 e. The fourth-order valence-electron chi connectivity index (χ4n) is 6.63. The Morgan fingerprint density at radius 1 is 0.255 bits per heavy atom. The first kappa shape index (κ1) is 33.1. The second kappa shape index (κ2) is 15.8. The van der Waals surface area contributed by atoms with E-state index >= 15 is 0 Å². The van der Waals surface area contributed by atoms with E-state index in [4.69, 9.17) is 0 Å². The fourth-order valence-corrected chi connectivity index (χ4v) is 6.63. The molecule has 8 aromatic rings. The topological polar surface area (TPSA) is 3.24 Å². The molecule has 0 saturated heterocycles. The summed E-state index contributed by atoms with van der Waals surface area (Å²) in [7, 11) is 0. The minimum Gasteiger partial charge on any atom is -0.310 e. The van der Waals surface area contributed by atoms with Crippen LogP contribution in [0.5, 0.6) is 0 Å². The summed E-state index contributed by atoms with van der Waals surface area (Å²) in [4.78, 5) is 2.41. The molecule has 0 fully saturated rings. The third kappa shape index (κ3) is 7.44. The van der Waals surface area contributed by atoms with Crippen molar-refractivity contribution >= 4 is 17.1 Å². The zero-order valence-electron chi connectivity index (χ0n) is 29.2. The quantitative estimate of drug-likeness (QED) is 0.157. The van der Waals surface area contributed by atoms with Crippen LogP contribution in [0.4, 0.5) is 17.1 Å². The molecule has 0 atom stereocenters. The number of nitrogens with zero attached hydrogens (tertiary/aromatic N) is 1. The Morgan fingerprint density at radius 3 is 1.02 bits per heavy atom. The monoisotopic (exact) mass is 655 g/mol. The third-order valence-corrected chi connectivity index (χ3v) is 9.03. The highest BCUT2D eigenvalue weighted by Crippen LogP contribution is 2.44. The van der Waals surface area contributed by atoms with E-state index < -0.39 is 0 Å². The van der Waals surface area contributed by atoms with Crippen LogP contribution in [0.1, 0.15) is 13.8 Å². The molecule has 0 saturated carbocycles. The Balaban J connectivity index is 0.00000200. The maximum Gasteiger partial charge on any atom is 0.0540 e. The van der Waals surface area contributed by atoms with Gasteiger partial charge in [-0.3, -0.25) is 0 Å². The zero-order chi connectivity index (χ0) is 34.8. The van der Waals surface area contributed by atoms with Gasteiger partial charge in [0.2, 0.25) is 0 Å². The van der Waals surface area contributed by atoms with Gasteiger partial charge in [0.05, 0.1) is 5.69 Å².